The number of rotatable bonds is 4. The average molecular weight is 317 g/mol. The first kappa shape index (κ1) is 15.7. The second-order valence-electron chi connectivity index (χ2n) is 5.60. The first-order chi connectivity index (χ1) is 11.7. The minimum Gasteiger partial charge on any atom is -0.323 e. The Morgan fingerprint density at radius 3 is 2.46 bits per heavy atom. The maximum absolute atomic E-state index is 12.4. The van der Waals surface area contributed by atoms with E-state index in [0.29, 0.717) is 5.56 Å². The molecule has 4 nitrogen and oxygen atoms in total. The third-order valence-corrected chi connectivity index (χ3v) is 3.97. The van der Waals surface area contributed by atoms with Crippen LogP contribution < -0.4 is 11.2 Å². The number of nitrogens with zero attached hydrogens (tertiary/aromatic N) is 1. The van der Waals surface area contributed by atoms with Gasteiger partial charge in [0.25, 0.3) is 5.91 Å². The first-order valence-electron chi connectivity index (χ1n) is 7.87. The smallest absolute Gasteiger partial charge is 0.255 e. The van der Waals surface area contributed by atoms with E-state index in [0.717, 1.165) is 28.4 Å². The summed E-state index contributed by atoms with van der Waals surface area (Å²) >= 11 is 0. The van der Waals surface area contributed by atoms with Crippen LogP contribution in [0.2, 0.25) is 0 Å². The molecule has 0 unspecified atom stereocenters. The zero-order chi connectivity index (χ0) is 16.9. The van der Waals surface area contributed by atoms with Gasteiger partial charge < -0.3 is 11.2 Å². The largest absolute Gasteiger partial charge is 0.323 e. The minimum atomic E-state index is -0.117. The molecule has 3 N–H and O–H groups in total. The highest BCUT2D eigenvalue weighted by atomic mass is 16.1. The van der Waals surface area contributed by atoms with Gasteiger partial charge in [-0.3, -0.25) is 4.79 Å². The Hall–Kier alpha value is -3.14. The minimum absolute atomic E-state index is 0.117. The van der Waals surface area contributed by atoms with Crippen molar-refractivity contribution in [3.63, 3.8) is 0 Å². The molecule has 0 aliphatic rings. The lowest BCUT2D eigenvalue weighted by molar-refractivity contribution is 0.102. The van der Waals surface area contributed by atoms with Crippen molar-refractivity contribution < 1.29 is 4.79 Å². The highest BCUT2D eigenvalue weighted by Gasteiger charge is 2.07. The summed E-state index contributed by atoms with van der Waals surface area (Å²) in [5.74, 6) is 5.06. The van der Waals surface area contributed by atoms with Crippen molar-refractivity contribution in [2.75, 3.05) is 5.32 Å². The number of carbonyl (C=O) groups excluding carboxylic acids is 1. The highest BCUT2D eigenvalue weighted by molar-refractivity contribution is 6.06. The van der Waals surface area contributed by atoms with Crippen LogP contribution in [0, 0.1) is 0 Å². The molecule has 3 aromatic rings. The molecular weight excluding hydrogens is 298 g/mol. The normalized spacial score (nSPS) is 11.0. The van der Waals surface area contributed by atoms with Crippen LogP contribution in [0.5, 0.6) is 0 Å². The predicted molar refractivity (Wildman–Crippen MR) is 99.5 cm³/mol. The second kappa shape index (κ2) is 6.96. The molecule has 24 heavy (non-hydrogen) atoms. The van der Waals surface area contributed by atoms with E-state index in [4.69, 9.17) is 5.84 Å². The average Bonchev–Trinajstić information content (AvgIpc) is 2.62. The number of amides is 1. The fourth-order valence-electron chi connectivity index (χ4n) is 2.60. The van der Waals surface area contributed by atoms with Crippen LogP contribution >= 0.6 is 0 Å². The molecular formula is C20H19N3O. The molecule has 0 saturated heterocycles. The van der Waals surface area contributed by atoms with Crippen molar-refractivity contribution in [3.8, 4) is 0 Å². The molecule has 0 radical (unpaired) electrons. The van der Waals surface area contributed by atoms with Crippen molar-refractivity contribution in [1.82, 2.24) is 0 Å². The Kier molecular flexibility index (Phi) is 4.57. The van der Waals surface area contributed by atoms with Gasteiger partial charge in [-0.2, -0.15) is 5.10 Å². The summed E-state index contributed by atoms with van der Waals surface area (Å²) in [6, 6.07) is 19.4. The highest BCUT2D eigenvalue weighted by Crippen LogP contribution is 2.19. The Balaban J connectivity index is 1.82. The third-order valence-electron chi connectivity index (χ3n) is 3.97. The summed E-state index contributed by atoms with van der Waals surface area (Å²) in [5.41, 5.74) is 3.60. The standard InChI is InChI=1S/C20H19N3O/c1-2-14-4-9-19(10-5-14)23-20(24)18-8-7-16-11-15(13-22-21)3-6-17(16)12-18/h3-13H,2,21H2,1H3,(H,23,24). The van der Waals surface area contributed by atoms with Gasteiger partial charge >= 0.3 is 0 Å². The number of hydrazone groups is 1. The van der Waals surface area contributed by atoms with E-state index in [9.17, 15) is 4.79 Å². The summed E-state index contributed by atoms with van der Waals surface area (Å²) < 4.78 is 0. The van der Waals surface area contributed by atoms with Crippen LogP contribution in [-0.4, -0.2) is 12.1 Å². The lowest BCUT2D eigenvalue weighted by Gasteiger charge is -2.07. The van der Waals surface area contributed by atoms with Crippen molar-refractivity contribution in [3.05, 3.63) is 77.4 Å². The predicted octanol–water partition coefficient (Wildman–Crippen LogP) is 3.95. The molecule has 120 valence electrons. The van der Waals surface area contributed by atoms with E-state index in [1.807, 2.05) is 60.7 Å². The van der Waals surface area contributed by atoms with Gasteiger partial charge in [-0.1, -0.05) is 37.3 Å². The van der Waals surface area contributed by atoms with Gasteiger partial charge in [0.15, 0.2) is 0 Å². The number of anilines is 1. The van der Waals surface area contributed by atoms with Gasteiger partial charge in [0.1, 0.15) is 0 Å². The lowest BCUT2D eigenvalue weighted by Crippen LogP contribution is -2.11. The summed E-state index contributed by atoms with van der Waals surface area (Å²) in [6.07, 6.45) is 2.58. The summed E-state index contributed by atoms with van der Waals surface area (Å²) in [6.45, 7) is 2.10. The van der Waals surface area contributed by atoms with E-state index in [2.05, 4.69) is 17.3 Å². The first-order valence-corrected chi connectivity index (χ1v) is 7.87. The zero-order valence-corrected chi connectivity index (χ0v) is 13.5. The summed E-state index contributed by atoms with van der Waals surface area (Å²) in [4.78, 5) is 12.4. The van der Waals surface area contributed by atoms with Gasteiger partial charge in [0, 0.05) is 11.3 Å². The Labute approximate surface area is 141 Å². The monoisotopic (exact) mass is 317 g/mol. The van der Waals surface area contributed by atoms with Crippen molar-refractivity contribution in [2.24, 2.45) is 10.9 Å². The number of fused-ring (bicyclic) bond motifs is 1. The maximum atomic E-state index is 12.4. The molecule has 0 aliphatic heterocycles. The van der Waals surface area contributed by atoms with Crippen LogP contribution in [0.15, 0.2) is 65.8 Å². The molecule has 0 bridgehead atoms. The summed E-state index contributed by atoms with van der Waals surface area (Å²) in [5, 5.41) is 8.49. The number of nitrogens with two attached hydrogens (primary N) is 1. The molecule has 0 heterocycles. The van der Waals surface area contributed by atoms with Crippen LogP contribution in [0.4, 0.5) is 5.69 Å². The van der Waals surface area contributed by atoms with Gasteiger partial charge in [0.2, 0.25) is 0 Å². The van der Waals surface area contributed by atoms with Gasteiger partial charge in [-0.25, -0.2) is 0 Å². The Morgan fingerprint density at radius 2 is 1.75 bits per heavy atom. The number of aryl methyl sites for hydroxylation is 1. The fourth-order valence-corrected chi connectivity index (χ4v) is 2.60. The number of hydrogen-bond acceptors (Lipinski definition) is 3. The molecule has 0 aliphatic carbocycles. The van der Waals surface area contributed by atoms with Crippen LogP contribution in [0.1, 0.15) is 28.4 Å². The topological polar surface area (TPSA) is 67.5 Å². The third kappa shape index (κ3) is 3.43. The van der Waals surface area contributed by atoms with Gasteiger partial charge in [-0.15, -0.1) is 0 Å². The number of nitrogens with one attached hydrogen (secondary N) is 1. The zero-order valence-electron chi connectivity index (χ0n) is 13.5. The molecule has 0 spiro atoms. The molecule has 3 aromatic carbocycles. The van der Waals surface area contributed by atoms with Gasteiger partial charge in [-0.05, 0) is 58.7 Å². The van der Waals surface area contributed by atoms with Crippen LogP contribution in [-0.2, 0) is 6.42 Å². The van der Waals surface area contributed by atoms with Crippen molar-refractivity contribution in [2.45, 2.75) is 13.3 Å². The van der Waals surface area contributed by atoms with Crippen molar-refractivity contribution in [1.29, 1.82) is 0 Å². The van der Waals surface area contributed by atoms with E-state index in [-0.39, 0.29) is 5.91 Å². The lowest BCUT2D eigenvalue weighted by atomic mass is 10.0. The second-order valence-corrected chi connectivity index (χ2v) is 5.60. The van der Waals surface area contributed by atoms with Crippen LogP contribution in [0.25, 0.3) is 10.8 Å². The van der Waals surface area contributed by atoms with E-state index in [1.54, 1.807) is 6.21 Å². The molecule has 1 amide bonds. The molecule has 0 saturated carbocycles. The quantitative estimate of drug-likeness (QED) is 0.435. The van der Waals surface area contributed by atoms with Gasteiger partial charge in [0.05, 0.1) is 6.21 Å². The fraction of sp³-hybridized carbons (Fsp3) is 0.100. The number of hydrogen-bond donors (Lipinski definition) is 2. The maximum Gasteiger partial charge on any atom is 0.255 e. The van der Waals surface area contributed by atoms with E-state index in [1.165, 1.54) is 5.56 Å². The van der Waals surface area contributed by atoms with E-state index < -0.39 is 0 Å². The Morgan fingerprint density at radius 1 is 1.04 bits per heavy atom. The summed E-state index contributed by atoms with van der Waals surface area (Å²) in [7, 11) is 0. The van der Waals surface area contributed by atoms with Crippen molar-refractivity contribution >= 4 is 28.6 Å². The van der Waals surface area contributed by atoms with E-state index >= 15 is 0 Å². The number of carbonyl (C=O) groups is 1. The molecule has 4 heteroatoms. The SMILES string of the molecule is CCc1ccc(NC(=O)c2ccc3cc(C=NN)ccc3c2)cc1. The molecule has 0 atom stereocenters. The number of benzene rings is 3. The molecule has 0 fully saturated rings. The van der Waals surface area contributed by atoms with Crippen LogP contribution in [0.3, 0.4) is 0 Å². The Bertz CT molecular complexity index is 898. The molecule has 3 rings (SSSR count). The molecule has 0 aromatic heterocycles.